The summed E-state index contributed by atoms with van der Waals surface area (Å²) in [6.07, 6.45) is 2.88. The minimum Gasteiger partial charge on any atom is -0.379 e. The van der Waals surface area contributed by atoms with E-state index < -0.39 is 10.0 Å². The lowest BCUT2D eigenvalue weighted by atomic mass is 10.1. The first-order chi connectivity index (χ1) is 14.5. The van der Waals surface area contributed by atoms with Crippen LogP contribution in [0.5, 0.6) is 0 Å². The molecule has 1 aromatic carbocycles. The van der Waals surface area contributed by atoms with Crippen molar-refractivity contribution in [1.29, 1.82) is 0 Å². The second-order valence-electron chi connectivity index (χ2n) is 7.77. The summed E-state index contributed by atoms with van der Waals surface area (Å²) in [5.41, 5.74) is 0.237. The number of benzene rings is 1. The second kappa shape index (κ2) is 9.75. The van der Waals surface area contributed by atoms with Crippen LogP contribution in [0.2, 0.25) is 5.02 Å². The van der Waals surface area contributed by atoms with Crippen molar-refractivity contribution in [3.63, 3.8) is 0 Å². The molecule has 3 heterocycles. The van der Waals surface area contributed by atoms with Crippen molar-refractivity contribution >= 4 is 39.3 Å². The first kappa shape index (κ1) is 22.4. The summed E-state index contributed by atoms with van der Waals surface area (Å²) < 4.78 is 38.5. The number of morpholine rings is 1. The Bertz CT molecular complexity index is 864. The van der Waals surface area contributed by atoms with Gasteiger partial charge in [-0.25, -0.2) is 8.42 Å². The Balaban J connectivity index is 1.61. The van der Waals surface area contributed by atoms with Crippen molar-refractivity contribution in [1.82, 2.24) is 9.21 Å². The molecule has 0 aliphatic carbocycles. The van der Waals surface area contributed by atoms with Gasteiger partial charge in [-0.1, -0.05) is 11.6 Å². The van der Waals surface area contributed by atoms with Gasteiger partial charge in [-0.3, -0.25) is 4.79 Å². The van der Waals surface area contributed by atoms with E-state index in [1.165, 1.54) is 22.5 Å². The molecule has 3 saturated heterocycles. The van der Waals surface area contributed by atoms with Gasteiger partial charge in [0, 0.05) is 38.0 Å². The molecular formula is C20H27ClN2O5S2. The van der Waals surface area contributed by atoms with Crippen LogP contribution in [-0.4, -0.2) is 86.6 Å². The SMILES string of the molecule is O=C(c1cc(S(=O)(=O)N2CCOCC2)ccc1Cl)N(CC1CCCO1)C1CCSC1. The number of nitrogens with zero attached hydrogens (tertiary/aromatic N) is 2. The molecule has 0 radical (unpaired) electrons. The summed E-state index contributed by atoms with van der Waals surface area (Å²) in [6.45, 7) is 2.58. The number of thioether (sulfide) groups is 1. The van der Waals surface area contributed by atoms with Crippen molar-refractivity contribution in [2.24, 2.45) is 0 Å². The lowest BCUT2D eigenvalue weighted by molar-refractivity contribution is 0.0441. The normalized spacial score (nSPS) is 25.5. The number of halogens is 1. The highest BCUT2D eigenvalue weighted by atomic mass is 35.5. The van der Waals surface area contributed by atoms with Gasteiger partial charge in [-0.2, -0.15) is 16.1 Å². The third-order valence-electron chi connectivity index (χ3n) is 5.81. The van der Waals surface area contributed by atoms with Gasteiger partial charge in [0.2, 0.25) is 10.0 Å². The summed E-state index contributed by atoms with van der Waals surface area (Å²) in [7, 11) is -3.71. The van der Waals surface area contributed by atoms with Gasteiger partial charge in [0.05, 0.1) is 34.8 Å². The Labute approximate surface area is 187 Å². The van der Waals surface area contributed by atoms with Crippen molar-refractivity contribution in [2.75, 3.05) is 51.0 Å². The van der Waals surface area contributed by atoms with E-state index >= 15 is 0 Å². The van der Waals surface area contributed by atoms with Crippen molar-refractivity contribution in [3.05, 3.63) is 28.8 Å². The lowest BCUT2D eigenvalue weighted by Gasteiger charge is -2.31. The molecule has 30 heavy (non-hydrogen) atoms. The monoisotopic (exact) mass is 474 g/mol. The van der Waals surface area contributed by atoms with E-state index in [0.29, 0.717) is 32.8 Å². The molecule has 3 fully saturated rings. The zero-order chi connectivity index (χ0) is 21.1. The molecule has 1 aromatic rings. The van der Waals surface area contributed by atoms with Gasteiger partial charge < -0.3 is 14.4 Å². The van der Waals surface area contributed by atoms with Gasteiger partial charge in [-0.15, -0.1) is 0 Å². The van der Waals surface area contributed by atoms with E-state index in [4.69, 9.17) is 21.1 Å². The Kier molecular flexibility index (Phi) is 7.27. The summed E-state index contributed by atoms with van der Waals surface area (Å²) in [4.78, 5) is 15.5. The zero-order valence-corrected chi connectivity index (χ0v) is 19.2. The van der Waals surface area contributed by atoms with E-state index in [1.807, 2.05) is 16.7 Å². The van der Waals surface area contributed by atoms with Crippen LogP contribution in [0, 0.1) is 0 Å². The molecule has 3 aliphatic rings. The number of carbonyl (C=O) groups is 1. The molecule has 0 aromatic heterocycles. The van der Waals surface area contributed by atoms with E-state index in [-0.39, 0.29) is 33.5 Å². The molecule has 2 unspecified atom stereocenters. The molecule has 7 nitrogen and oxygen atoms in total. The fourth-order valence-corrected chi connectivity index (χ4v) is 6.95. The maximum absolute atomic E-state index is 13.5. The fourth-order valence-electron chi connectivity index (χ4n) is 4.09. The molecule has 0 N–H and O–H groups in total. The Morgan fingerprint density at radius 1 is 1.23 bits per heavy atom. The smallest absolute Gasteiger partial charge is 0.255 e. The van der Waals surface area contributed by atoms with Gasteiger partial charge >= 0.3 is 0 Å². The number of amides is 1. The lowest BCUT2D eigenvalue weighted by Crippen LogP contribution is -2.45. The molecule has 1 amide bonds. The molecular weight excluding hydrogens is 448 g/mol. The summed E-state index contributed by atoms with van der Waals surface area (Å²) in [5.74, 6) is 1.67. The van der Waals surface area contributed by atoms with Crippen molar-refractivity contribution in [3.8, 4) is 0 Å². The third-order valence-corrected chi connectivity index (χ3v) is 9.18. The van der Waals surface area contributed by atoms with Crippen LogP contribution in [-0.2, 0) is 19.5 Å². The maximum atomic E-state index is 13.5. The topological polar surface area (TPSA) is 76.2 Å². The van der Waals surface area contributed by atoms with Gasteiger partial charge in [0.25, 0.3) is 5.91 Å². The number of hydrogen-bond acceptors (Lipinski definition) is 6. The Morgan fingerprint density at radius 2 is 2.03 bits per heavy atom. The average molecular weight is 475 g/mol. The number of hydrogen-bond donors (Lipinski definition) is 0. The fraction of sp³-hybridized carbons (Fsp3) is 0.650. The Hall–Kier alpha value is -0.840. The second-order valence-corrected chi connectivity index (χ2v) is 11.3. The molecule has 10 heteroatoms. The minimum absolute atomic E-state index is 0.0265. The number of ether oxygens (including phenoxy) is 2. The number of rotatable bonds is 6. The standard InChI is InChI=1S/C20H27ClN2O5S2/c21-19-4-3-17(30(25,26)22-6-9-27-10-7-22)12-18(19)20(24)23(15-5-11-29-14-15)13-16-2-1-8-28-16/h3-4,12,15-16H,1-2,5-11,13-14H2. The van der Waals surface area contributed by atoms with Crippen LogP contribution in [0.25, 0.3) is 0 Å². The van der Waals surface area contributed by atoms with Gasteiger partial charge in [0.15, 0.2) is 0 Å². The van der Waals surface area contributed by atoms with E-state index in [9.17, 15) is 13.2 Å². The van der Waals surface area contributed by atoms with Crippen LogP contribution < -0.4 is 0 Å². The molecule has 166 valence electrons. The first-order valence-electron chi connectivity index (χ1n) is 10.3. The van der Waals surface area contributed by atoms with Crippen LogP contribution in [0.3, 0.4) is 0 Å². The van der Waals surface area contributed by atoms with Gasteiger partial charge in [0.1, 0.15) is 0 Å². The van der Waals surface area contributed by atoms with Crippen molar-refractivity contribution in [2.45, 2.75) is 36.3 Å². The quantitative estimate of drug-likeness (QED) is 0.630. The maximum Gasteiger partial charge on any atom is 0.255 e. The number of carbonyl (C=O) groups excluding carboxylic acids is 1. The predicted octanol–water partition coefficient (Wildman–Crippen LogP) is 2.49. The highest BCUT2D eigenvalue weighted by Gasteiger charge is 2.33. The van der Waals surface area contributed by atoms with E-state index in [1.54, 1.807) is 0 Å². The summed E-state index contributed by atoms with van der Waals surface area (Å²) >= 11 is 8.21. The largest absolute Gasteiger partial charge is 0.379 e. The molecule has 0 spiro atoms. The third kappa shape index (κ3) is 4.81. The van der Waals surface area contributed by atoms with Crippen molar-refractivity contribution < 1.29 is 22.7 Å². The molecule has 4 rings (SSSR count). The van der Waals surface area contributed by atoms with E-state index in [2.05, 4.69) is 0 Å². The molecule has 3 aliphatic heterocycles. The molecule has 0 saturated carbocycles. The Morgan fingerprint density at radius 3 is 2.70 bits per heavy atom. The zero-order valence-electron chi connectivity index (χ0n) is 16.8. The predicted molar refractivity (Wildman–Crippen MR) is 117 cm³/mol. The molecule has 2 atom stereocenters. The minimum atomic E-state index is -3.71. The highest BCUT2D eigenvalue weighted by Crippen LogP contribution is 2.29. The first-order valence-corrected chi connectivity index (χ1v) is 13.3. The van der Waals surface area contributed by atoms with Gasteiger partial charge in [-0.05, 0) is 43.2 Å². The highest BCUT2D eigenvalue weighted by molar-refractivity contribution is 7.99. The summed E-state index contributed by atoms with van der Waals surface area (Å²) in [6, 6.07) is 4.53. The summed E-state index contributed by atoms with van der Waals surface area (Å²) in [5, 5.41) is 0.268. The van der Waals surface area contributed by atoms with Crippen LogP contribution in [0.1, 0.15) is 29.6 Å². The van der Waals surface area contributed by atoms with Crippen LogP contribution in [0.15, 0.2) is 23.1 Å². The number of sulfonamides is 1. The van der Waals surface area contributed by atoms with Crippen LogP contribution >= 0.6 is 23.4 Å². The molecule has 0 bridgehead atoms. The van der Waals surface area contributed by atoms with E-state index in [0.717, 1.165) is 37.4 Å². The van der Waals surface area contributed by atoms with Crippen LogP contribution in [0.4, 0.5) is 0 Å². The average Bonchev–Trinajstić information content (AvgIpc) is 3.46.